The fourth-order valence-corrected chi connectivity index (χ4v) is 4.46. The number of nitrogens with zero attached hydrogens (tertiary/aromatic N) is 3. The number of aryl methyl sites for hydroxylation is 1. The number of amides is 2. The minimum Gasteiger partial charge on any atom is -0.315 e. The van der Waals surface area contributed by atoms with Gasteiger partial charge in [-0.25, -0.2) is 9.78 Å². The van der Waals surface area contributed by atoms with Gasteiger partial charge >= 0.3 is 6.03 Å². The van der Waals surface area contributed by atoms with Gasteiger partial charge in [-0.2, -0.15) is 0 Å². The molecule has 7 heteroatoms. The van der Waals surface area contributed by atoms with Crippen LogP contribution in [0.15, 0.2) is 82.1 Å². The van der Waals surface area contributed by atoms with Crippen molar-refractivity contribution < 1.29 is 4.79 Å². The van der Waals surface area contributed by atoms with Gasteiger partial charge in [-0.1, -0.05) is 49.4 Å². The molecule has 0 spiro atoms. The SMILES string of the molecule is CCCN(C(=O)Nc1ccccc1Br)C(C)c1nc2ccccc2c(=O)n1-c1ccccc1C. The van der Waals surface area contributed by atoms with E-state index in [4.69, 9.17) is 4.98 Å². The fraction of sp³-hybridized carbons (Fsp3) is 0.222. The third kappa shape index (κ3) is 4.61. The number of halogens is 1. The number of anilines is 1. The minimum absolute atomic E-state index is 0.149. The molecule has 0 aliphatic heterocycles. The topological polar surface area (TPSA) is 67.2 Å². The lowest BCUT2D eigenvalue weighted by molar-refractivity contribution is 0.189. The second-order valence-electron chi connectivity index (χ2n) is 8.19. The Bertz CT molecular complexity index is 1400. The summed E-state index contributed by atoms with van der Waals surface area (Å²) in [5.41, 5.74) is 2.86. The van der Waals surface area contributed by atoms with Crippen molar-refractivity contribution in [1.29, 1.82) is 0 Å². The second kappa shape index (κ2) is 10.2. The van der Waals surface area contributed by atoms with Gasteiger partial charge in [-0.05, 0) is 72.1 Å². The lowest BCUT2D eigenvalue weighted by Gasteiger charge is -2.30. The summed E-state index contributed by atoms with van der Waals surface area (Å²) < 4.78 is 2.45. The number of hydrogen-bond donors (Lipinski definition) is 1. The van der Waals surface area contributed by atoms with E-state index in [1.54, 1.807) is 15.5 Å². The third-order valence-electron chi connectivity index (χ3n) is 5.84. The van der Waals surface area contributed by atoms with Crippen LogP contribution in [0.25, 0.3) is 16.6 Å². The summed E-state index contributed by atoms with van der Waals surface area (Å²) in [4.78, 5) is 33.7. The number of carbonyl (C=O) groups is 1. The standard InChI is InChI=1S/C27H27BrN4O2/c1-4-17-31(27(34)30-23-15-9-7-13-21(23)28)19(3)25-29-22-14-8-6-12-20(22)26(33)32(25)24-16-10-5-11-18(24)2/h5-16,19H,4,17H2,1-3H3,(H,30,34). The molecule has 34 heavy (non-hydrogen) atoms. The summed E-state index contributed by atoms with van der Waals surface area (Å²) in [6.45, 7) is 6.41. The average molecular weight is 519 g/mol. The molecule has 0 aliphatic carbocycles. The zero-order chi connectivity index (χ0) is 24.2. The van der Waals surface area contributed by atoms with Crippen LogP contribution in [0.4, 0.5) is 10.5 Å². The lowest BCUT2D eigenvalue weighted by Crippen LogP contribution is -2.40. The smallest absolute Gasteiger partial charge is 0.315 e. The van der Waals surface area contributed by atoms with Gasteiger partial charge in [0.25, 0.3) is 5.56 Å². The Morgan fingerprint density at radius 2 is 1.74 bits per heavy atom. The Morgan fingerprint density at radius 3 is 2.47 bits per heavy atom. The monoisotopic (exact) mass is 518 g/mol. The molecule has 1 atom stereocenters. The highest BCUT2D eigenvalue weighted by Gasteiger charge is 2.27. The maximum atomic E-state index is 13.7. The Labute approximate surface area is 207 Å². The molecule has 4 aromatic rings. The van der Waals surface area contributed by atoms with E-state index in [2.05, 4.69) is 21.2 Å². The first-order chi connectivity index (χ1) is 16.4. The van der Waals surface area contributed by atoms with Crippen molar-refractivity contribution in [3.05, 3.63) is 99.0 Å². The number of nitrogens with one attached hydrogen (secondary N) is 1. The predicted octanol–water partition coefficient (Wildman–Crippen LogP) is 6.46. The average Bonchev–Trinajstić information content (AvgIpc) is 2.84. The molecule has 0 saturated carbocycles. The molecule has 0 fully saturated rings. The predicted molar refractivity (Wildman–Crippen MR) is 141 cm³/mol. The summed E-state index contributed by atoms with van der Waals surface area (Å²) in [7, 11) is 0. The van der Waals surface area contributed by atoms with Crippen LogP contribution in [0.5, 0.6) is 0 Å². The first kappa shape index (κ1) is 23.7. The Hall–Kier alpha value is -3.45. The number of para-hydroxylation sites is 3. The minimum atomic E-state index is -0.459. The van der Waals surface area contributed by atoms with Crippen molar-refractivity contribution in [1.82, 2.24) is 14.5 Å². The number of hydrogen-bond acceptors (Lipinski definition) is 3. The van der Waals surface area contributed by atoms with Gasteiger partial charge in [0.1, 0.15) is 5.82 Å². The van der Waals surface area contributed by atoms with Crippen LogP contribution < -0.4 is 10.9 Å². The van der Waals surface area contributed by atoms with Crippen LogP contribution in [0.3, 0.4) is 0 Å². The van der Waals surface area contributed by atoms with Gasteiger partial charge in [0.15, 0.2) is 0 Å². The highest BCUT2D eigenvalue weighted by Crippen LogP contribution is 2.27. The summed E-state index contributed by atoms with van der Waals surface area (Å²) in [5, 5.41) is 3.54. The van der Waals surface area contributed by atoms with E-state index in [0.717, 1.165) is 22.1 Å². The first-order valence-corrected chi connectivity index (χ1v) is 12.1. The van der Waals surface area contributed by atoms with Gasteiger partial charge in [-0.15, -0.1) is 0 Å². The number of urea groups is 1. The molecule has 2 amide bonds. The Balaban J connectivity index is 1.85. The van der Waals surface area contributed by atoms with Gasteiger partial charge in [0, 0.05) is 11.0 Å². The van der Waals surface area contributed by atoms with E-state index in [9.17, 15) is 9.59 Å². The van der Waals surface area contributed by atoms with Crippen molar-refractivity contribution in [2.75, 3.05) is 11.9 Å². The fourth-order valence-electron chi connectivity index (χ4n) is 4.08. The van der Waals surface area contributed by atoms with E-state index in [0.29, 0.717) is 29.0 Å². The molecule has 0 saturated heterocycles. The molecule has 0 aliphatic rings. The normalized spacial score (nSPS) is 11.9. The summed E-state index contributed by atoms with van der Waals surface area (Å²) >= 11 is 3.49. The first-order valence-electron chi connectivity index (χ1n) is 11.3. The van der Waals surface area contributed by atoms with Crippen LogP contribution >= 0.6 is 15.9 Å². The van der Waals surface area contributed by atoms with Crippen molar-refractivity contribution >= 4 is 38.6 Å². The molecule has 4 rings (SSSR count). The zero-order valence-electron chi connectivity index (χ0n) is 19.5. The van der Waals surface area contributed by atoms with Gasteiger partial charge in [0.2, 0.25) is 0 Å². The van der Waals surface area contributed by atoms with Crippen molar-refractivity contribution in [2.45, 2.75) is 33.2 Å². The lowest BCUT2D eigenvalue weighted by atomic mass is 10.1. The molecule has 6 nitrogen and oxygen atoms in total. The van der Waals surface area contributed by atoms with Crippen LogP contribution in [0.1, 0.15) is 37.7 Å². The number of aromatic nitrogens is 2. The van der Waals surface area contributed by atoms with Crippen molar-refractivity contribution in [2.24, 2.45) is 0 Å². The van der Waals surface area contributed by atoms with Crippen LogP contribution in [-0.4, -0.2) is 27.0 Å². The maximum absolute atomic E-state index is 13.7. The van der Waals surface area contributed by atoms with E-state index in [1.165, 1.54) is 0 Å². The van der Waals surface area contributed by atoms with E-state index < -0.39 is 6.04 Å². The molecule has 1 N–H and O–H groups in total. The summed E-state index contributed by atoms with van der Waals surface area (Å²) in [6.07, 6.45) is 0.760. The molecule has 174 valence electrons. The van der Waals surface area contributed by atoms with Crippen LogP contribution in [0.2, 0.25) is 0 Å². The quantitative estimate of drug-likeness (QED) is 0.318. The van der Waals surface area contributed by atoms with E-state index in [1.807, 2.05) is 87.5 Å². The second-order valence-corrected chi connectivity index (χ2v) is 9.05. The Morgan fingerprint density at radius 1 is 1.06 bits per heavy atom. The highest BCUT2D eigenvalue weighted by atomic mass is 79.9. The van der Waals surface area contributed by atoms with E-state index in [-0.39, 0.29) is 11.6 Å². The molecule has 1 aromatic heterocycles. The summed E-state index contributed by atoms with van der Waals surface area (Å²) in [6, 6.07) is 21.8. The summed E-state index contributed by atoms with van der Waals surface area (Å²) in [5.74, 6) is 0.522. The zero-order valence-corrected chi connectivity index (χ0v) is 21.0. The van der Waals surface area contributed by atoms with Crippen molar-refractivity contribution in [3.63, 3.8) is 0 Å². The molecule has 1 unspecified atom stereocenters. The van der Waals surface area contributed by atoms with E-state index >= 15 is 0 Å². The van der Waals surface area contributed by atoms with Crippen LogP contribution in [-0.2, 0) is 0 Å². The molecule has 0 radical (unpaired) electrons. The molecule has 1 heterocycles. The third-order valence-corrected chi connectivity index (χ3v) is 6.53. The number of carbonyl (C=O) groups excluding carboxylic acids is 1. The highest BCUT2D eigenvalue weighted by molar-refractivity contribution is 9.10. The largest absolute Gasteiger partial charge is 0.322 e. The Kier molecular flexibility index (Phi) is 7.12. The van der Waals surface area contributed by atoms with Gasteiger partial charge < -0.3 is 10.2 Å². The number of fused-ring (bicyclic) bond motifs is 1. The maximum Gasteiger partial charge on any atom is 0.322 e. The van der Waals surface area contributed by atoms with Gasteiger partial charge in [0.05, 0.1) is 28.3 Å². The number of benzene rings is 3. The van der Waals surface area contributed by atoms with Gasteiger partial charge in [-0.3, -0.25) is 9.36 Å². The van der Waals surface area contributed by atoms with Crippen molar-refractivity contribution in [3.8, 4) is 5.69 Å². The number of rotatable bonds is 6. The molecule has 3 aromatic carbocycles. The van der Waals surface area contributed by atoms with Crippen LogP contribution in [0, 0.1) is 6.92 Å². The molecular weight excluding hydrogens is 492 g/mol. The molecule has 0 bridgehead atoms. The molecular formula is C27H27BrN4O2.